The SMILES string of the molecule is Cc1ccc(S(=O)(=O)N2CCc3c(I)cccc32)cc1. The zero-order valence-electron chi connectivity index (χ0n) is 11.0. The number of rotatable bonds is 2. The van der Waals surface area contributed by atoms with Crippen molar-refractivity contribution in [1.82, 2.24) is 0 Å². The highest BCUT2D eigenvalue weighted by atomic mass is 127. The molecule has 5 heteroatoms. The average molecular weight is 399 g/mol. The van der Waals surface area contributed by atoms with Gasteiger partial charge in [0.1, 0.15) is 0 Å². The van der Waals surface area contributed by atoms with Gasteiger partial charge in [0, 0.05) is 10.1 Å². The largest absolute Gasteiger partial charge is 0.266 e. The van der Waals surface area contributed by atoms with Crippen molar-refractivity contribution in [3.8, 4) is 0 Å². The average Bonchev–Trinajstić information content (AvgIpc) is 2.85. The van der Waals surface area contributed by atoms with Crippen LogP contribution in [0.2, 0.25) is 0 Å². The molecular formula is C15H14INO2S. The van der Waals surface area contributed by atoms with Crippen molar-refractivity contribution in [2.45, 2.75) is 18.2 Å². The van der Waals surface area contributed by atoms with Crippen LogP contribution in [-0.4, -0.2) is 15.0 Å². The van der Waals surface area contributed by atoms with E-state index < -0.39 is 10.0 Å². The van der Waals surface area contributed by atoms with Crippen molar-refractivity contribution in [2.24, 2.45) is 0 Å². The first-order valence-electron chi connectivity index (χ1n) is 6.37. The van der Waals surface area contributed by atoms with Crippen LogP contribution in [0.3, 0.4) is 0 Å². The molecule has 3 rings (SSSR count). The normalized spacial score (nSPS) is 14.4. The summed E-state index contributed by atoms with van der Waals surface area (Å²) in [5, 5.41) is 0. The van der Waals surface area contributed by atoms with Crippen molar-refractivity contribution in [3.63, 3.8) is 0 Å². The summed E-state index contributed by atoms with van der Waals surface area (Å²) in [6.07, 6.45) is 0.777. The predicted octanol–water partition coefficient (Wildman–Crippen LogP) is 3.35. The van der Waals surface area contributed by atoms with E-state index >= 15 is 0 Å². The van der Waals surface area contributed by atoms with Gasteiger partial charge in [-0.25, -0.2) is 8.42 Å². The molecule has 1 aliphatic rings. The lowest BCUT2D eigenvalue weighted by Gasteiger charge is -2.19. The van der Waals surface area contributed by atoms with Gasteiger partial charge in [0.05, 0.1) is 10.6 Å². The van der Waals surface area contributed by atoms with Crippen molar-refractivity contribution < 1.29 is 8.42 Å². The van der Waals surface area contributed by atoms with E-state index in [0.29, 0.717) is 11.4 Å². The second-order valence-electron chi connectivity index (χ2n) is 4.88. The highest BCUT2D eigenvalue weighted by Gasteiger charge is 2.31. The van der Waals surface area contributed by atoms with Crippen LogP contribution in [0.15, 0.2) is 47.4 Å². The number of aryl methyl sites for hydroxylation is 1. The van der Waals surface area contributed by atoms with Gasteiger partial charge in [0.2, 0.25) is 0 Å². The maximum atomic E-state index is 12.7. The molecule has 0 spiro atoms. The number of nitrogens with zero attached hydrogens (tertiary/aromatic N) is 1. The molecule has 0 aromatic heterocycles. The fourth-order valence-electron chi connectivity index (χ4n) is 2.45. The molecule has 1 heterocycles. The molecule has 2 aromatic carbocycles. The third-order valence-corrected chi connectivity index (χ3v) is 6.37. The molecule has 0 saturated carbocycles. The summed E-state index contributed by atoms with van der Waals surface area (Å²) < 4.78 is 28.1. The Labute approximate surface area is 132 Å². The van der Waals surface area contributed by atoms with Gasteiger partial charge in [0.15, 0.2) is 0 Å². The number of halogens is 1. The van der Waals surface area contributed by atoms with Crippen LogP contribution in [0.25, 0.3) is 0 Å². The third-order valence-electron chi connectivity index (χ3n) is 3.54. The molecule has 3 nitrogen and oxygen atoms in total. The molecule has 0 aliphatic carbocycles. The van der Waals surface area contributed by atoms with Gasteiger partial charge in [-0.2, -0.15) is 0 Å². The smallest absolute Gasteiger partial charge is 0.264 e. The Balaban J connectivity index is 2.07. The third kappa shape index (κ3) is 2.22. The fourth-order valence-corrected chi connectivity index (χ4v) is 4.70. The van der Waals surface area contributed by atoms with Gasteiger partial charge in [-0.1, -0.05) is 23.8 Å². The number of sulfonamides is 1. The maximum absolute atomic E-state index is 12.7. The lowest BCUT2D eigenvalue weighted by atomic mass is 10.2. The number of anilines is 1. The van der Waals surface area contributed by atoms with Crippen LogP contribution in [0.1, 0.15) is 11.1 Å². The van der Waals surface area contributed by atoms with Crippen molar-refractivity contribution in [1.29, 1.82) is 0 Å². The second-order valence-corrected chi connectivity index (χ2v) is 7.90. The van der Waals surface area contributed by atoms with Gasteiger partial charge in [-0.15, -0.1) is 0 Å². The van der Waals surface area contributed by atoms with E-state index in [9.17, 15) is 8.42 Å². The van der Waals surface area contributed by atoms with Crippen LogP contribution >= 0.6 is 22.6 Å². The molecule has 0 radical (unpaired) electrons. The van der Waals surface area contributed by atoms with Gasteiger partial charge in [-0.05, 0) is 65.8 Å². The lowest BCUT2D eigenvalue weighted by molar-refractivity contribution is 0.592. The minimum Gasteiger partial charge on any atom is -0.266 e. The lowest BCUT2D eigenvalue weighted by Crippen LogP contribution is -2.29. The Morgan fingerprint density at radius 2 is 1.80 bits per heavy atom. The van der Waals surface area contributed by atoms with E-state index in [1.807, 2.05) is 37.3 Å². The molecule has 2 aromatic rings. The van der Waals surface area contributed by atoms with E-state index in [1.54, 1.807) is 12.1 Å². The minimum absolute atomic E-state index is 0.356. The predicted molar refractivity (Wildman–Crippen MR) is 88.6 cm³/mol. The van der Waals surface area contributed by atoms with Crippen LogP contribution in [-0.2, 0) is 16.4 Å². The summed E-state index contributed by atoms with van der Waals surface area (Å²) >= 11 is 2.26. The van der Waals surface area contributed by atoms with Gasteiger partial charge < -0.3 is 0 Å². The summed E-state index contributed by atoms with van der Waals surface area (Å²) in [5.41, 5.74) is 3.00. The van der Waals surface area contributed by atoms with Crippen LogP contribution in [0, 0.1) is 10.5 Å². The Morgan fingerprint density at radius 1 is 1.10 bits per heavy atom. The van der Waals surface area contributed by atoms with Crippen LogP contribution < -0.4 is 4.31 Å². The van der Waals surface area contributed by atoms with Crippen molar-refractivity contribution >= 4 is 38.3 Å². The number of benzene rings is 2. The van der Waals surface area contributed by atoms with Crippen molar-refractivity contribution in [3.05, 3.63) is 57.2 Å². The Morgan fingerprint density at radius 3 is 2.50 bits per heavy atom. The number of hydrogen-bond acceptors (Lipinski definition) is 2. The Hall–Kier alpha value is -1.08. The van der Waals surface area contributed by atoms with E-state index in [2.05, 4.69) is 22.6 Å². The molecule has 0 unspecified atom stereocenters. The van der Waals surface area contributed by atoms with Gasteiger partial charge in [-0.3, -0.25) is 4.31 Å². The molecule has 0 fully saturated rings. The van der Waals surface area contributed by atoms with E-state index in [4.69, 9.17) is 0 Å². The molecule has 0 N–H and O–H groups in total. The van der Waals surface area contributed by atoms with Crippen LogP contribution in [0.4, 0.5) is 5.69 Å². The molecule has 1 aliphatic heterocycles. The first kappa shape index (κ1) is 13.9. The highest BCUT2D eigenvalue weighted by molar-refractivity contribution is 14.1. The molecular weight excluding hydrogens is 385 g/mol. The molecule has 0 atom stereocenters. The zero-order chi connectivity index (χ0) is 14.3. The maximum Gasteiger partial charge on any atom is 0.264 e. The Bertz CT molecular complexity index is 754. The highest BCUT2D eigenvalue weighted by Crippen LogP contribution is 2.35. The minimum atomic E-state index is -3.46. The van der Waals surface area contributed by atoms with Crippen molar-refractivity contribution in [2.75, 3.05) is 10.8 Å². The van der Waals surface area contributed by atoms with E-state index in [-0.39, 0.29) is 0 Å². The monoisotopic (exact) mass is 399 g/mol. The first-order valence-corrected chi connectivity index (χ1v) is 8.89. The van der Waals surface area contributed by atoms with E-state index in [1.165, 1.54) is 4.31 Å². The molecule has 0 saturated heterocycles. The molecule has 104 valence electrons. The number of fused-ring (bicyclic) bond motifs is 1. The topological polar surface area (TPSA) is 37.4 Å². The zero-order valence-corrected chi connectivity index (χ0v) is 14.0. The summed E-state index contributed by atoms with van der Waals surface area (Å²) in [7, 11) is -3.46. The molecule has 0 amide bonds. The number of hydrogen-bond donors (Lipinski definition) is 0. The quantitative estimate of drug-likeness (QED) is 0.727. The van der Waals surface area contributed by atoms with Gasteiger partial charge in [0.25, 0.3) is 10.0 Å². The summed E-state index contributed by atoms with van der Waals surface area (Å²) in [6.45, 7) is 2.47. The van der Waals surface area contributed by atoms with E-state index in [0.717, 1.165) is 26.8 Å². The molecule has 0 bridgehead atoms. The summed E-state index contributed by atoms with van der Waals surface area (Å²) in [5.74, 6) is 0. The summed E-state index contributed by atoms with van der Waals surface area (Å²) in [4.78, 5) is 0.356. The van der Waals surface area contributed by atoms with Crippen LogP contribution in [0.5, 0.6) is 0 Å². The fraction of sp³-hybridized carbons (Fsp3) is 0.200. The second kappa shape index (κ2) is 5.04. The Kier molecular flexibility index (Phi) is 3.50. The van der Waals surface area contributed by atoms with Gasteiger partial charge >= 0.3 is 0 Å². The first-order chi connectivity index (χ1) is 9.50. The standard InChI is InChI=1S/C15H14INO2S/c1-11-5-7-12(8-6-11)20(18,19)17-10-9-13-14(16)3-2-4-15(13)17/h2-8H,9-10H2,1H3. The summed E-state index contributed by atoms with van der Waals surface area (Å²) in [6, 6.07) is 12.8. The molecule has 20 heavy (non-hydrogen) atoms.